The van der Waals surface area contributed by atoms with Gasteiger partial charge in [-0.25, -0.2) is 0 Å². The Labute approximate surface area is 163 Å². The van der Waals surface area contributed by atoms with E-state index in [2.05, 4.69) is 16.3 Å². The molecule has 1 aromatic heterocycles. The fourth-order valence-corrected chi connectivity index (χ4v) is 3.48. The molecule has 0 bridgehead atoms. The number of rotatable bonds is 3. The molecule has 0 amide bonds. The van der Waals surface area contributed by atoms with Crippen LogP contribution in [0.15, 0.2) is 60.0 Å². The van der Waals surface area contributed by atoms with Crippen LogP contribution in [0.3, 0.4) is 0 Å². The molecule has 6 heteroatoms. The molecule has 0 aliphatic carbocycles. The lowest BCUT2D eigenvalue weighted by molar-refractivity contribution is 0.379. The van der Waals surface area contributed by atoms with Gasteiger partial charge < -0.3 is 15.4 Å². The van der Waals surface area contributed by atoms with Crippen LogP contribution in [0.4, 0.5) is 5.69 Å². The molecule has 1 unspecified atom stereocenters. The van der Waals surface area contributed by atoms with Crippen LogP contribution in [0.2, 0.25) is 0 Å². The number of hydrogen-bond acceptors (Lipinski definition) is 5. The summed E-state index contributed by atoms with van der Waals surface area (Å²) in [6.45, 7) is 2.04. The molecule has 4 rings (SSSR count). The van der Waals surface area contributed by atoms with E-state index in [-0.39, 0.29) is 11.8 Å². The number of nitriles is 1. The molecule has 1 atom stereocenters. The van der Waals surface area contributed by atoms with Gasteiger partial charge in [-0.2, -0.15) is 5.26 Å². The Morgan fingerprint density at radius 2 is 1.79 bits per heavy atom. The van der Waals surface area contributed by atoms with Gasteiger partial charge in [0.2, 0.25) is 11.8 Å². The highest BCUT2D eigenvalue weighted by molar-refractivity contribution is 5.71. The van der Waals surface area contributed by atoms with E-state index in [0.29, 0.717) is 11.5 Å². The van der Waals surface area contributed by atoms with E-state index in [9.17, 15) is 5.26 Å². The molecule has 28 heavy (non-hydrogen) atoms. The maximum atomic E-state index is 9.79. The Hall–Kier alpha value is -3.72. The predicted molar refractivity (Wildman–Crippen MR) is 109 cm³/mol. The fourth-order valence-electron chi connectivity index (χ4n) is 3.48. The number of anilines is 1. The second-order valence-corrected chi connectivity index (χ2v) is 7.09. The van der Waals surface area contributed by atoms with Crippen molar-refractivity contribution in [3.8, 4) is 23.2 Å². The molecule has 1 aliphatic rings. The van der Waals surface area contributed by atoms with E-state index in [4.69, 9.17) is 10.5 Å². The summed E-state index contributed by atoms with van der Waals surface area (Å²) < 4.78 is 5.66. The van der Waals surface area contributed by atoms with Crippen molar-refractivity contribution in [3.63, 3.8) is 0 Å². The summed E-state index contributed by atoms with van der Waals surface area (Å²) in [6, 6.07) is 18.5. The zero-order chi connectivity index (χ0) is 19.8. The first-order chi connectivity index (χ1) is 13.5. The topological polar surface area (TPSA) is 91.0 Å². The lowest BCUT2D eigenvalue weighted by atomic mass is 9.83. The zero-order valence-electron chi connectivity index (χ0n) is 16.0. The van der Waals surface area contributed by atoms with Crippen LogP contribution >= 0.6 is 0 Å². The van der Waals surface area contributed by atoms with E-state index in [0.717, 1.165) is 28.1 Å². The van der Waals surface area contributed by atoms with Gasteiger partial charge in [-0.15, -0.1) is 5.10 Å². The highest BCUT2D eigenvalue weighted by Gasteiger charge is 2.35. The summed E-state index contributed by atoms with van der Waals surface area (Å²) in [6.07, 6.45) is 0. The van der Waals surface area contributed by atoms with Gasteiger partial charge in [-0.1, -0.05) is 42.0 Å². The minimum atomic E-state index is -0.347. The molecule has 0 saturated heterocycles. The lowest BCUT2D eigenvalue weighted by Crippen LogP contribution is -2.21. The number of aromatic nitrogens is 2. The first-order valence-electron chi connectivity index (χ1n) is 8.99. The van der Waals surface area contributed by atoms with Crippen LogP contribution in [0.25, 0.3) is 11.3 Å². The van der Waals surface area contributed by atoms with Crippen LogP contribution < -0.4 is 15.4 Å². The van der Waals surface area contributed by atoms with E-state index in [1.165, 1.54) is 5.56 Å². The number of nitrogens with zero attached hydrogens (tertiary/aromatic N) is 3. The molecule has 3 aromatic rings. The van der Waals surface area contributed by atoms with Crippen LogP contribution in [0.5, 0.6) is 5.88 Å². The first kappa shape index (κ1) is 17.7. The summed E-state index contributed by atoms with van der Waals surface area (Å²) >= 11 is 0. The van der Waals surface area contributed by atoms with Crippen molar-refractivity contribution >= 4 is 5.69 Å². The smallest absolute Gasteiger partial charge is 0.244 e. The van der Waals surface area contributed by atoms with Crippen LogP contribution in [-0.2, 0) is 0 Å². The molecule has 0 radical (unpaired) electrons. The minimum Gasteiger partial charge on any atom is -0.420 e. The van der Waals surface area contributed by atoms with Gasteiger partial charge in [-0.05, 0) is 24.6 Å². The number of aromatic amines is 1. The van der Waals surface area contributed by atoms with Crippen LogP contribution in [0.1, 0.15) is 22.6 Å². The van der Waals surface area contributed by atoms with E-state index < -0.39 is 0 Å². The Balaban J connectivity index is 1.89. The maximum Gasteiger partial charge on any atom is 0.244 e. The third-order valence-electron chi connectivity index (χ3n) is 5.02. The van der Waals surface area contributed by atoms with Gasteiger partial charge >= 0.3 is 0 Å². The van der Waals surface area contributed by atoms with E-state index in [1.54, 1.807) is 0 Å². The largest absolute Gasteiger partial charge is 0.420 e. The van der Waals surface area contributed by atoms with Gasteiger partial charge in [-0.3, -0.25) is 5.10 Å². The molecular formula is C22H21N5O. The van der Waals surface area contributed by atoms with Gasteiger partial charge in [0.15, 0.2) is 0 Å². The molecule has 2 aromatic carbocycles. The lowest BCUT2D eigenvalue weighted by Gasteiger charge is -2.24. The molecule has 0 spiro atoms. The summed E-state index contributed by atoms with van der Waals surface area (Å²) in [4.78, 5) is 2.03. The quantitative estimate of drug-likeness (QED) is 0.733. The number of nitrogens with one attached hydrogen (secondary N) is 1. The summed E-state index contributed by atoms with van der Waals surface area (Å²) in [5.41, 5.74) is 12.3. The summed E-state index contributed by atoms with van der Waals surface area (Å²) in [5, 5.41) is 17.2. The van der Waals surface area contributed by atoms with Crippen molar-refractivity contribution < 1.29 is 4.74 Å². The highest BCUT2D eigenvalue weighted by Crippen LogP contribution is 2.45. The monoisotopic (exact) mass is 371 g/mol. The zero-order valence-corrected chi connectivity index (χ0v) is 16.0. The fraction of sp³-hybridized carbons (Fsp3) is 0.182. The normalized spacial score (nSPS) is 15.6. The number of allylic oxidation sites excluding steroid dienone is 1. The molecule has 140 valence electrons. The third-order valence-corrected chi connectivity index (χ3v) is 5.02. The minimum absolute atomic E-state index is 0.0960. The summed E-state index contributed by atoms with van der Waals surface area (Å²) in [7, 11) is 3.98. The van der Waals surface area contributed by atoms with Gasteiger partial charge in [0.1, 0.15) is 11.6 Å². The van der Waals surface area contributed by atoms with Crippen molar-refractivity contribution in [1.29, 1.82) is 5.26 Å². The van der Waals surface area contributed by atoms with Gasteiger partial charge in [0, 0.05) is 25.3 Å². The Morgan fingerprint density at radius 1 is 1.11 bits per heavy atom. The van der Waals surface area contributed by atoms with Crippen molar-refractivity contribution in [2.45, 2.75) is 12.8 Å². The molecule has 0 fully saturated rings. The summed E-state index contributed by atoms with van der Waals surface area (Å²) in [5.74, 6) is 0.160. The predicted octanol–water partition coefficient (Wildman–Crippen LogP) is 3.67. The van der Waals surface area contributed by atoms with E-state index >= 15 is 0 Å². The van der Waals surface area contributed by atoms with Gasteiger partial charge in [0.25, 0.3) is 0 Å². The Bertz CT molecular complexity index is 1090. The second kappa shape index (κ2) is 6.78. The molecule has 3 N–H and O–H groups in total. The second-order valence-electron chi connectivity index (χ2n) is 7.09. The van der Waals surface area contributed by atoms with Crippen molar-refractivity contribution in [1.82, 2.24) is 10.2 Å². The Morgan fingerprint density at radius 3 is 2.39 bits per heavy atom. The molecular weight excluding hydrogens is 350 g/mol. The van der Waals surface area contributed by atoms with E-state index in [1.807, 2.05) is 74.4 Å². The Kier molecular flexibility index (Phi) is 4.28. The maximum absolute atomic E-state index is 9.79. The number of nitrogens with two attached hydrogens (primary N) is 1. The molecule has 1 aliphatic heterocycles. The highest BCUT2D eigenvalue weighted by atomic mass is 16.5. The number of ether oxygens (including phenoxy) is 1. The van der Waals surface area contributed by atoms with Crippen LogP contribution in [-0.4, -0.2) is 24.3 Å². The average molecular weight is 371 g/mol. The standard InChI is InChI=1S/C22H21N5O/c1-13-4-6-15(7-5-13)20-19-18(14-8-10-16(11-9-14)27(2)3)17(12-23)21(24)28-22(19)26-25-20/h4-11,18H,24H2,1-3H3,(H,25,26). The number of fused-ring (bicyclic) bond motifs is 1. The van der Waals surface area contributed by atoms with Gasteiger partial charge in [0.05, 0.1) is 17.2 Å². The third kappa shape index (κ3) is 2.87. The molecule has 2 heterocycles. The van der Waals surface area contributed by atoms with Crippen molar-refractivity contribution in [3.05, 3.63) is 76.7 Å². The SMILES string of the molecule is Cc1ccc(-c2[nH]nc3c2C(c2ccc(N(C)C)cc2)C(C#N)=C(N)O3)cc1. The van der Waals surface area contributed by atoms with Crippen molar-refractivity contribution in [2.24, 2.45) is 5.73 Å². The number of H-pyrrole nitrogens is 1. The number of benzene rings is 2. The van der Waals surface area contributed by atoms with Crippen molar-refractivity contribution in [2.75, 3.05) is 19.0 Å². The molecule has 6 nitrogen and oxygen atoms in total. The number of hydrogen-bond donors (Lipinski definition) is 2. The molecule has 0 saturated carbocycles. The van der Waals surface area contributed by atoms with Crippen LogP contribution in [0, 0.1) is 18.3 Å². The first-order valence-corrected chi connectivity index (χ1v) is 8.99. The number of aryl methyl sites for hydroxylation is 1. The average Bonchev–Trinajstić information content (AvgIpc) is 3.10.